The van der Waals surface area contributed by atoms with Crippen LogP contribution in [0, 0.1) is 5.41 Å². The summed E-state index contributed by atoms with van der Waals surface area (Å²) in [6, 6.07) is 11.2. The number of ether oxygens (including phenoxy) is 1. The number of anilines is 1. The molecular formula is C26H28BrN3O3. The zero-order valence-electron chi connectivity index (χ0n) is 19.3. The summed E-state index contributed by atoms with van der Waals surface area (Å²) in [5.74, 6) is 0.539. The first-order valence-electron chi connectivity index (χ1n) is 11.1. The third-order valence-corrected chi connectivity index (χ3v) is 6.45. The van der Waals surface area contributed by atoms with E-state index in [1.165, 1.54) is 0 Å². The number of carbonyl (C=O) groups excluding carboxylic acids is 2. The second-order valence-electron chi connectivity index (χ2n) is 9.25. The zero-order valence-corrected chi connectivity index (χ0v) is 20.9. The smallest absolute Gasteiger partial charge is 0.255 e. The van der Waals surface area contributed by atoms with Crippen molar-refractivity contribution in [2.24, 2.45) is 5.41 Å². The minimum absolute atomic E-state index is 0.0761. The Hall–Kier alpha value is -2.93. The number of pyridine rings is 1. The summed E-state index contributed by atoms with van der Waals surface area (Å²) in [6.45, 7) is 8.60. The molecule has 2 aromatic rings. The quantitative estimate of drug-likeness (QED) is 0.557. The van der Waals surface area contributed by atoms with E-state index in [1.807, 2.05) is 44.2 Å². The number of hydrogen-bond acceptors (Lipinski definition) is 5. The molecule has 0 bridgehead atoms. The lowest BCUT2D eigenvalue weighted by Crippen LogP contribution is -2.39. The predicted octanol–water partition coefficient (Wildman–Crippen LogP) is 5.49. The van der Waals surface area contributed by atoms with Gasteiger partial charge in [-0.05, 0) is 71.4 Å². The van der Waals surface area contributed by atoms with Crippen molar-refractivity contribution in [2.45, 2.75) is 46.5 Å². The summed E-state index contributed by atoms with van der Waals surface area (Å²) >= 11 is 3.36. The fourth-order valence-electron chi connectivity index (χ4n) is 4.63. The zero-order chi connectivity index (χ0) is 23.8. The topological polar surface area (TPSA) is 80.3 Å². The van der Waals surface area contributed by atoms with Gasteiger partial charge in [0.2, 0.25) is 0 Å². The van der Waals surface area contributed by atoms with Crippen LogP contribution >= 0.6 is 15.9 Å². The summed E-state index contributed by atoms with van der Waals surface area (Å²) in [6.07, 6.45) is 2.83. The van der Waals surface area contributed by atoms with Crippen LogP contribution in [0.4, 0.5) is 5.82 Å². The lowest BCUT2D eigenvalue weighted by molar-refractivity contribution is -0.118. The van der Waals surface area contributed by atoms with E-state index in [0.717, 1.165) is 33.6 Å². The van der Waals surface area contributed by atoms with Crippen LogP contribution in [0.2, 0.25) is 0 Å². The Balaban J connectivity index is 1.77. The van der Waals surface area contributed by atoms with Gasteiger partial charge >= 0.3 is 0 Å². The second-order valence-corrected chi connectivity index (χ2v) is 10.2. The van der Waals surface area contributed by atoms with Crippen LogP contribution in [0.3, 0.4) is 0 Å². The van der Waals surface area contributed by atoms with E-state index in [1.54, 1.807) is 12.3 Å². The standard InChI is InChI=1S/C26H28BrN3O3/c1-5-33-18-9-6-16(7-10-18)23-22(25(32)30-21-11-8-17(27)14-28-21)15(2)29-19-12-26(3,4)13-20(31)24(19)23/h6-11,14,23,29H,5,12-13H2,1-4H3,(H,28,30,32)/t23-/m0/s1. The summed E-state index contributed by atoms with van der Waals surface area (Å²) in [5, 5.41) is 6.29. The maximum atomic E-state index is 13.5. The molecule has 7 heteroatoms. The van der Waals surface area contributed by atoms with Crippen LogP contribution < -0.4 is 15.4 Å². The van der Waals surface area contributed by atoms with Gasteiger partial charge in [0.15, 0.2) is 5.78 Å². The third kappa shape index (κ3) is 4.88. The predicted molar refractivity (Wildman–Crippen MR) is 132 cm³/mol. The lowest BCUT2D eigenvalue weighted by Gasteiger charge is -2.39. The number of nitrogens with zero attached hydrogens (tertiary/aromatic N) is 1. The number of allylic oxidation sites excluding steroid dienone is 3. The molecule has 0 unspecified atom stereocenters. The fraction of sp³-hybridized carbons (Fsp3) is 0.346. The Morgan fingerprint density at radius 1 is 1.21 bits per heavy atom. The Kier molecular flexibility index (Phi) is 6.43. The molecule has 2 aliphatic rings. The highest BCUT2D eigenvalue weighted by Crippen LogP contribution is 2.46. The van der Waals surface area contributed by atoms with Gasteiger partial charge in [-0.3, -0.25) is 9.59 Å². The van der Waals surface area contributed by atoms with E-state index in [4.69, 9.17) is 4.74 Å². The molecular weight excluding hydrogens is 482 g/mol. The SMILES string of the molecule is CCOc1ccc([C@H]2C(C(=O)Nc3ccc(Br)cn3)=C(C)NC3=C2C(=O)CC(C)(C)C3)cc1. The molecule has 0 spiro atoms. The van der Waals surface area contributed by atoms with Crippen molar-refractivity contribution >= 4 is 33.4 Å². The van der Waals surface area contributed by atoms with Crippen molar-refractivity contribution in [3.63, 3.8) is 0 Å². The highest BCUT2D eigenvalue weighted by Gasteiger charge is 2.42. The van der Waals surface area contributed by atoms with E-state index < -0.39 is 5.92 Å². The molecule has 1 aliphatic carbocycles. The van der Waals surface area contributed by atoms with Crippen molar-refractivity contribution in [1.82, 2.24) is 10.3 Å². The molecule has 1 atom stereocenters. The maximum Gasteiger partial charge on any atom is 0.255 e. The van der Waals surface area contributed by atoms with Crippen LogP contribution in [0.1, 0.15) is 52.0 Å². The van der Waals surface area contributed by atoms with Crippen molar-refractivity contribution in [2.75, 3.05) is 11.9 Å². The Bertz CT molecular complexity index is 1150. The number of nitrogens with one attached hydrogen (secondary N) is 2. The maximum absolute atomic E-state index is 13.5. The van der Waals surface area contributed by atoms with Crippen molar-refractivity contribution in [1.29, 1.82) is 0 Å². The highest BCUT2D eigenvalue weighted by atomic mass is 79.9. The number of amides is 1. The number of dihydropyridines is 1. The van der Waals surface area contributed by atoms with E-state index in [-0.39, 0.29) is 17.1 Å². The van der Waals surface area contributed by atoms with E-state index in [0.29, 0.717) is 30.0 Å². The van der Waals surface area contributed by atoms with Gasteiger partial charge in [0, 0.05) is 45.5 Å². The number of ketones is 1. The lowest BCUT2D eigenvalue weighted by atomic mass is 9.68. The number of carbonyl (C=O) groups is 2. The van der Waals surface area contributed by atoms with Crippen molar-refractivity contribution < 1.29 is 14.3 Å². The highest BCUT2D eigenvalue weighted by molar-refractivity contribution is 9.10. The molecule has 2 heterocycles. The molecule has 0 saturated heterocycles. The molecule has 1 aromatic heterocycles. The summed E-state index contributed by atoms with van der Waals surface area (Å²) in [5.41, 5.74) is 3.61. The van der Waals surface area contributed by atoms with Gasteiger partial charge in [0.1, 0.15) is 11.6 Å². The number of halogens is 1. The van der Waals surface area contributed by atoms with Crippen LogP contribution in [-0.4, -0.2) is 23.3 Å². The number of rotatable bonds is 5. The Morgan fingerprint density at radius 2 is 1.94 bits per heavy atom. The largest absolute Gasteiger partial charge is 0.494 e. The summed E-state index contributed by atoms with van der Waals surface area (Å²) in [7, 11) is 0. The van der Waals surface area contributed by atoms with Crippen LogP contribution in [0.5, 0.6) is 5.75 Å². The molecule has 2 N–H and O–H groups in total. The van der Waals surface area contributed by atoms with Gasteiger partial charge in [0.25, 0.3) is 5.91 Å². The summed E-state index contributed by atoms with van der Waals surface area (Å²) in [4.78, 5) is 31.1. The summed E-state index contributed by atoms with van der Waals surface area (Å²) < 4.78 is 6.42. The third-order valence-electron chi connectivity index (χ3n) is 5.98. The molecule has 0 saturated carbocycles. The number of hydrogen-bond donors (Lipinski definition) is 2. The van der Waals surface area contributed by atoms with Crippen molar-refractivity contribution in [3.05, 3.63) is 75.2 Å². The average molecular weight is 510 g/mol. The van der Waals surface area contributed by atoms with Crippen LogP contribution in [0.15, 0.2) is 69.6 Å². The molecule has 172 valence electrons. The van der Waals surface area contributed by atoms with Gasteiger partial charge in [-0.2, -0.15) is 0 Å². The number of aromatic nitrogens is 1. The van der Waals surface area contributed by atoms with Gasteiger partial charge in [0.05, 0.1) is 6.61 Å². The molecule has 4 rings (SSSR count). The molecule has 0 radical (unpaired) electrons. The molecule has 1 aliphatic heterocycles. The van der Waals surface area contributed by atoms with Gasteiger partial charge in [-0.25, -0.2) is 4.98 Å². The number of Topliss-reactive ketones (excluding diaryl/α,β-unsaturated/α-hetero) is 1. The first kappa shape index (κ1) is 23.2. The fourth-order valence-corrected chi connectivity index (χ4v) is 4.86. The molecule has 1 aromatic carbocycles. The molecule has 33 heavy (non-hydrogen) atoms. The minimum atomic E-state index is -0.462. The number of benzene rings is 1. The first-order valence-corrected chi connectivity index (χ1v) is 11.9. The second kappa shape index (κ2) is 9.14. The Morgan fingerprint density at radius 3 is 2.58 bits per heavy atom. The van der Waals surface area contributed by atoms with Crippen LogP contribution in [0.25, 0.3) is 0 Å². The monoisotopic (exact) mass is 509 g/mol. The van der Waals surface area contributed by atoms with E-state index in [2.05, 4.69) is 45.4 Å². The van der Waals surface area contributed by atoms with Crippen molar-refractivity contribution in [3.8, 4) is 5.75 Å². The average Bonchev–Trinajstić information content (AvgIpc) is 2.74. The molecule has 1 amide bonds. The van der Waals surface area contributed by atoms with E-state index >= 15 is 0 Å². The minimum Gasteiger partial charge on any atom is -0.494 e. The van der Waals surface area contributed by atoms with Gasteiger partial charge in [-0.1, -0.05) is 26.0 Å². The van der Waals surface area contributed by atoms with E-state index in [9.17, 15) is 9.59 Å². The van der Waals surface area contributed by atoms with Gasteiger partial charge in [-0.15, -0.1) is 0 Å². The van der Waals surface area contributed by atoms with Crippen LogP contribution in [-0.2, 0) is 9.59 Å². The first-order chi connectivity index (χ1) is 15.7. The van der Waals surface area contributed by atoms with Gasteiger partial charge < -0.3 is 15.4 Å². The Labute approximate surface area is 202 Å². The molecule has 6 nitrogen and oxygen atoms in total. The normalized spacial score (nSPS) is 19.7. The molecule has 0 fully saturated rings.